The number of aromatic nitrogens is 2. The Morgan fingerprint density at radius 1 is 1.00 bits per heavy atom. The summed E-state index contributed by atoms with van der Waals surface area (Å²) in [6.07, 6.45) is 1.15. The highest BCUT2D eigenvalue weighted by Crippen LogP contribution is 2.28. The number of hydrogen-bond acceptors (Lipinski definition) is 7. The van der Waals surface area contributed by atoms with Crippen molar-refractivity contribution < 1.29 is 18.8 Å². The number of carbonyl (C=O) groups excluding carboxylic acids is 1. The standard InChI is InChI=1S/C26H27N3O4S/c1-18-6-9-20(10-7-18)25-27-24(33-28-25)13-15-29(26(30)23-5-4-16-34-23)14-12-19-8-11-21(31-2)22(17-19)32-3/h4-11,16-17H,12-15H2,1-3H3. The smallest absolute Gasteiger partial charge is 0.263 e. The second-order valence-corrected chi connectivity index (χ2v) is 8.78. The molecule has 4 rings (SSSR count). The summed E-state index contributed by atoms with van der Waals surface area (Å²) in [5.41, 5.74) is 3.13. The van der Waals surface area contributed by atoms with Gasteiger partial charge in [0, 0.05) is 25.1 Å². The Balaban J connectivity index is 1.45. The Kier molecular flexibility index (Phi) is 7.59. The second kappa shape index (κ2) is 11.0. The monoisotopic (exact) mass is 477 g/mol. The molecular weight excluding hydrogens is 450 g/mol. The first-order chi connectivity index (χ1) is 16.6. The Morgan fingerprint density at radius 3 is 2.47 bits per heavy atom. The molecule has 0 aliphatic carbocycles. The van der Waals surface area contributed by atoms with Crippen LogP contribution < -0.4 is 9.47 Å². The van der Waals surface area contributed by atoms with Crippen LogP contribution in [0.25, 0.3) is 11.4 Å². The van der Waals surface area contributed by atoms with Crippen LogP contribution in [0.4, 0.5) is 0 Å². The molecule has 0 fully saturated rings. The van der Waals surface area contributed by atoms with Gasteiger partial charge in [-0.15, -0.1) is 11.3 Å². The minimum atomic E-state index is -0.00579. The fourth-order valence-electron chi connectivity index (χ4n) is 3.58. The fraction of sp³-hybridized carbons (Fsp3) is 0.269. The van der Waals surface area contributed by atoms with Gasteiger partial charge in [-0.1, -0.05) is 47.1 Å². The predicted octanol–water partition coefficient (Wildman–Crippen LogP) is 5.05. The lowest BCUT2D eigenvalue weighted by Crippen LogP contribution is -2.34. The van der Waals surface area contributed by atoms with Crippen LogP contribution in [0.1, 0.15) is 26.7 Å². The zero-order chi connectivity index (χ0) is 23.9. The molecule has 2 aromatic carbocycles. The minimum Gasteiger partial charge on any atom is -0.493 e. The highest BCUT2D eigenvalue weighted by Gasteiger charge is 2.19. The lowest BCUT2D eigenvalue weighted by Gasteiger charge is -2.22. The maximum absolute atomic E-state index is 13.2. The number of thiophene rings is 1. The first-order valence-electron chi connectivity index (χ1n) is 11.0. The summed E-state index contributed by atoms with van der Waals surface area (Å²) in [4.78, 5) is 20.2. The van der Waals surface area contributed by atoms with Gasteiger partial charge in [0.2, 0.25) is 11.7 Å². The molecule has 0 spiro atoms. The van der Waals surface area contributed by atoms with Crippen LogP contribution in [-0.2, 0) is 12.8 Å². The molecule has 2 heterocycles. The number of benzene rings is 2. The summed E-state index contributed by atoms with van der Waals surface area (Å²) in [7, 11) is 3.23. The molecule has 176 valence electrons. The van der Waals surface area contributed by atoms with Crippen molar-refractivity contribution in [3.05, 3.63) is 81.9 Å². The van der Waals surface area contributed by atoms with Crippen molar-refractivity contribution in [2.24, 2.45) is 0 Å². The van der Waals surface area contributed by atoms with Crippen molar-refractivity contribution in [2.75, 3.05) is 27.3 Å². The summed E-state index contributed by atoms with van der Waals surface area (Å²) < 4.78 is 16.2. The van der Waals surface area contributed by atoms with Gasteiger partial charge in [0.25, 0.3) is 5.91 Å². The minimum absolute atomic E-state index is 0.00579. The van der Waals surface area contributed by atoms with Crippen molar-refractivity contribution in [2.45, 2.75) is 19.8 Å². The molecule has 0 atom stereocenters. The maximum Gasteiger partial charge on any atom is 0.263 e. The van der Waals surface area contributed by atoms with Gasteiger partial charge in [-0.2, -0.15) is 4.98 Å². The van der Waals surface area contributed by atoms with Crippen molar-refractivity contribution in [3.63, 3.8) is 0 Å². The normalized spacial score (nSPS) is 10.8. The molecule has 8 heteroatoms. The van der Waals surface area contributed by atoms with Crippen LogP contribution in [-0.4, -0.2) is 48.3 Å². The maximum atomic E-state index is 13.2. The van der Waals surface area contributed by atoms with E-state index in [4.69, 9.17) is 14.0 Å². The number of nitrogens with zero attached hydrogens (tertiary/aromatic N) is 3. The van der Waals surface area contributed by atoms with Crippen LogP contribution in [0.15, 0.2) is 64.5 Å². The third kappa shape index (κ3) is 5.63. The van der Waals surface area contributed by atoms with Crippen molar-refractivity contribution in [1.82, 2.24) is 15.0 Å². The molecule has 0 saturated heterocycles. The zero-order valence-corrected chi connectivity index (χ0v) is 20.3. The van der Waals surface area contributed by atoms with Gasteiger partial charge in [0.15, 0.2) is 11.5 Å². The summed E-state index contributed by atoms with van der Waals surface area (Å²) in [6, 6.07) is 17.5. The number of amides is 1. The first kappa shape index (κ1) is 23.5. The molecule has 34 heavy (non-hydrogen) atoms. The molecule has 0 bridgehead atoms. The van der Waals surface area contributed by atoms with E-state index in [1.54, 1.807) is 14.2 Å². The molecule has 1 amide bonds. The third-order valence-corrected chi connectivity index (χ3v) is 6.37. The molecule has 2 aromatic heterocycles. The summed E-state index contributed by atoms with van der Waals surface area (Å²) >= 11 is 1.44. The Bertz CT molecular complexity index is 1220. The predicted molar refractivity (Wildman–Crippen MR) is 132 cm³/mol. The number of hydrogen-bond donors (Lipinski definition) is 0. The highest BCUT2D eigenvalue weighted by molar-refractivity contribution is 7.12. The Morgan fingerprint density at radius 2 is 1.76 bits per heavy atom. The number of aryl methyl sites for hydroxylation is 1. The van der Waals surface area contributed by atoms with Crippen molar-refractivity contribution in [1.29, 1.82) is 0 Å². The Labute approximate surface area is 202 Å². The molecule has 7 nitrogen and oxygen atoms in total. The SMILES string of the molecule is COc1ccc(CCN(CCc2nc(-c3ccc(C)cc3)no2)C(=O)c2cccs2)cc1OC. The number of methoxy groups -OCH3 is 2. The van der Waals surface area contributed by atoms with E-state index in [-0.39, 0.29) is 5.91 Å². The van der Waals surface area contributed by atoms with Crippen LogP contribution in [0.2, 0.25) is 0 Å². The lowest BCUT2D eigenvalue weighted by atomic mass is 10.1. The number of ether oxygens (including phenoxy) is 2. The fourth-order valence-corrected chi connectivity index (χ4v) is 4.27. The first-order valence-corrected chi connectivity index (χ1v) is 11.9. The molecule has 0 N–H and O–H groups in total. The second-order valence-electron chi connectivity index (χ2n) is 7.84. The van der Waals surface area contributed by atoms with E-state index < -0.39 is 0 Å². The van der Waals surface area contributed by atoms with E-state index in [1.807, 2.05) is 71.8 Å². The lowest BCUT2D eigenvalue weighted by molar-refractivity contribution is 0.0761. The van der Waals surface area contributed by atoms with E-state index in [0.717, 1.165) is 11.1 Å². The average Bonchev–Trinajstić information content (AvgIpc) is 3.57. The summed E-state index contributed by atoms with van der Waals surface area (Å²) in [5, 5.41) is 6.01. The van der Waals surface area contributed by atoms with Gasteiger partial charge in [0.1, 0.15) is 0 Å². The molecule has 0 saturated carbocycles. The van der Waals surface area contributed by atoms with Gasteiger partial charge < -0.3 is 18.9 Å². The van der Waals surface area contributed by atoms with Gasteiger partial charge >= 0.3 is 0 Å². The van der Waals surface area contributed by atoms with E-state index in [0.29, 0.717) is 54.0 Å². The van der Waals surface area contributed by atoms with Crippen LogP contribution in [0, 0.1) is 6.92 Å². The molecule has 0 aliphatic heterocycles. The quantitative estimate of drug-likeness (QED) is 0.318. The topological polar surface area (TPSA) is 77.7 Å². The van der Waals surface area contributed by atoms with E-state index >= 15 is 0 Å². The van der Waals surface area contributed by atoms with Crippen LogP contribution in [0.3, 0.4) is 0 Å². The van der Waals surface area contributed by atoms with Crippen LogP contribution in [0.5, 0.6) is 11.5 Å². The van der Waals surface area contributed by atoms with Gasteiger partial charge in [0.05, 0.1) is 19.1 Å². The van der Waals surface area contributed by atoms with E-state index in [9.17, 15) is 4.79 Å². The summed E-state index contributed by atoms with van der Waals surface area (Å²) in [6.45, 7) is 3.05. The number of carbonyl (C=O) groups is 1. The zero-order valence-electron chi connectivity index (χ0n) is 19.5. The summed E-state index contributed by atoms with van der Waals surface area (Å²) in [5.74, 6) is 2.40. The van der Waals surface area contributed by atoms with Gasteiger partial charge in [-0.3, -0.25) is 4.79 Å². The van der Waals surface area contributed by atoms with Crippen LogP contribution >= 0.6 is 11.3 Å². The van der Waals surface area contributed by atoms with Gasteiger partial charge in [-0.25, -0.2) is 0 Å². The van der Waals surface area contributed by atoms with Gasteiger partial charge in [-0.05, 0) is 42.5 Å². The van der Waals surface area contributed by atoms with E-state index in [2.05, 4.69) is 10.1 Å². The van der Waals surface area contributed by atoms with E-state index in [1.165, 1.54) is 16.9 Å². The average molecular weight is 478 g/mol. The highest BCUT2D eigenvalue weighted by atomic mass is 32.1. The van der Waals surface area contributed by atoms with Crippen molar-refractivity contribution in [3.8, 4) is 22.9 Å². The largest absolute Gasteiger partial charge is 0.493 e. The molecular formula is C26H27N3O4S. The Hall–Kier alpha value is -3.65. The molecule has 0 radical (unpaired) electrons. The molecule has 0 unspecified atom stereocenters. The molecule has 0 aliphatic rings. The number of rotatable bonds is 10. The third-order valence-electron chi connectivity index (χ3n) is 5.51. The van der Waals surface area contributed by atoms with Crippen molar-refractivity contribution >= 4 is 17.2 Å². The molecule has 4 aromatic rings.